The molecule has 3 heteroatoms. The first-order valence-electron chi connectivity index (χ1n) is 3.71. The number of hydrogen-bond acceptors (Lipinski definition) is 2. The number of hydrogen-bond donors (Lipinski definition) is 2. The van der Waals surface area contributed by atoms with Crippen LogP contribution in [0.2, 0.25) is 5.28 Å². The lowest BCUT2D eigenvalue weighted by atomic mass is 9.92. The van der Waals surface area contributed by atoms with Gasteiger partial charge in [0.05, 0.1) is 11.2 Å². The Hall–Kier alpha value is 0.452. The summed E-state index contributed by atoms with van der Waals surface area (Å²) in [5.74, 6) is 0. The van der Waals surface area contributed by atoms with E-state index in [1.165, 1.54) is 0 Å². The summed E-state index contributed by atoms with van der Waals surface area (Å²) >= 11 is 0.980. The lowest BCUT2D eigenvalue weighted by Gasteiger charge is -2.29. The minimum absolute atomic E-state index is 0.462. The van der Waals surface area contributed by atoms with Gasteiger partial charge in [-0.3, -0.25) is 0 Å². The fourth-order valence-electron chi connectivity index (χ4n) is 1.06. The molecular formula is C7H17AlO2. The smallest absolute Gasteiger partial charge is 0.216 e. The topological polar surface area (TPSA) is 40.5 Å². The van der Waals surface area contributed by atoms with Crippen LogP contribution in [-0.4, -0.2) is 37.7 Å². The average Bonchev–Trinajstić information content (AvgIpc) is 1.60. The summed E-state index contributed by atoms with van der Waals surface area (Å²) in [7, 11) is 0. The van der Waals surface area contributed by atoms with Crippen molar-refractivity contribution in [2.24, 2.45) is 0 Å². The van der Waals surface area contributed by atoms with Crippen molar-refractivity contribution in [3.05, 3.63) is 0 Å². The molecule has 0 amide bonds. The van der Waals surface area contributed by atoms with Crippen LogP contribution in [0.1, 0.15) is 27.2 Å². The summed E-state index contributed by atoms with van der Waals surface area (Å²) in [6.45, 7) is 5.22. The predicted molar refractivity (Wildman–Crippen MR) is 44.9 cm³/mol. The Morgan fingerprint density at radius 1 is 1.20 bits per heavy atom. The van der Waals surface area contributed by atoms with Crippen molar-refractivity contribution in [3.63, 3.8) is 0 Å². The first kappa shape index (κ1) is 10.5. The first-order chi connectivity index (χ1) is 4.27. The Kier molecular flexibility index (Phi) is 3.38. The largest absolute Gasteiger partial charge is 0.391 e. The van der Waals surface area contributed by atoms with E-state index < -0.39 is 11.2 Å². The van der Waals surface area contributed by atoms with Gasteiger partial charge in [-0.25, -0.2) is 0 Å². The van der Waals surface area contributed by atoms with Gasteiger partial charge in [-0.15, -0.1) is 0 Å². The van der Waals surface area contributed by atoms with E-state index in [0.717, 1.165) is 21.6 Å². The molecule has 0 spiro atoms. The highest BCUT2D eigenvalue weighted by molar-refractivity contribution is 6.09. The van der Waals surface area contributed by atoms with Gasteiger partial charge in [-0.05, 0) is 20.8 Å². The van der Waals surface area contributed by atoms with Gasteiger partial charge in [0.25, 0.3) is 0 Å². The van der Waals surface area contributed by atoms with E-state index in [1.807, 2.05) is 0 Å². The highest BCUT2D eigenvalue weighted by Gasteiger charge is 2.26. The molecule has 2 nitrogen and oxygen atoms in total. The molecule has 0 bridgehead atoms. The molecule has 0 saturated heterocycles. The van der Waals surface area contributed by atoms with Gasteiger partial charge >= 0.3 is 0 Å². The summed E-state index contributed by atoms with van der Waals surface area (Å²) in [6, 6.07) is 0. The average molecular weight is 160 g/mol. The van der Waals surface area contributed by atoms with Crippen LogP contribution in [0.3, 0.4) is 0 Å². The molecule has 1 unspecified atom stereocenters. The summed E-state index contributed by atoms with van der Waals surface area (Å²) in [5.41, 5.74) is -1.40. The Morgan fingerprint density at radius 2 is 1.60 bits per heavy atom. The number of aliphatic hydroxyl groups is 2. The van der Waals surface area contributed by atoms with Crippen LogP contribution in [0.4, 0.5) is 0 Å². The molecule has 0 radical (unpaired) electrons. The SMILES string of the molecule is CC(C)(O)CC(C)(O)[CH2][AlH2]. The molecule has 0 heterocycles. The fraction of sp³-hybridized carbons (Fsp3) is 1.00. The zero-order valence-corrected chi connectivity index (χ0v) is 9.31. The van der Waals surface area contributed by atoms with E-state index in [-0.39, 0.29) is 0 Å². The zero-order chi connectivity index (χ0) is 8.41. The van der Waals surface area contributed by atoms with Crippen molar-refractivity contribution in [1.82, 2.24) is 0 Å². The molecule has 60 valence electrons. The first-order valence-corrected chi connectivity index (χ1v) is 5.13. The Balaban J connectivity index is 3.89. The van der Waals surface area contributed by atoms with Gasteiger partial charge in [-0.1, -0.05) is 5.28 Å². The highest BCUT2D eigenvalue weighted by atomic mass is 27.0. The molecule has 1 atom stereocenters. The minimum atomic E-state index is -0.742. The predicted octanol–water partition coefficient (Wildman–Crippen LogP) is -0.0502. The van der Waals surface area contributed by atoms with Crippen molar-refractivity contribution in [3.8, 4) is 0 Å². The number of rotatable bonds is 3. The molecule has 0 fully saturated rings. The van der Waals surface area contributed by atoms with Crippen LogP contribution in [0.15, 0.2) is 0 Å². The maximum Gasteiger partial charge on any atom is 0.216 e. The standard InChI is InChI=1S/C7H15O2.Al.2H/c1-6(2,8)5-7(3,4)9;;;/h8-9H,1,5H2,2-4H3;;;. The van der Waals surface area contributed by atoms with Crippen molar-refractivity contribution in [1.29, 1.82) is 0 Å². The molecule has 0 saturated carbocycles. The van der Waals surface area contributed by atoms with E-state index in [2.05, 4.69) is 0 Å². The third kappa shape index (κ3) is 5.25. The van der Waals surface area contributed by atoms with E-state index in [0.29, 0.717) is 6.42 Å². The van der Waals surface area contributed by atoms with E-state index in [9.17, 15) is 10.2 Å². The van der Waals surface area contributed by atoms with Crippen LogP contribution in [-0.2, 0) is 0 Å². The molecule has 0 aliphatic carbocycles. The van der Waals surface area contributed by atoms with Gasteiger partial charge in [0, 0.05) is 6.42 Å². The van der Waals surface area contributed by atoms with Crippen LogP contribution in [0.25, 0.3) is 0 Å². The highest BCUT2D eigenvalue weighted by Crippen LogP contribution is 2.21. The molecule has 0 aliphatic heterocycles. The van der Waals surface area contributed by atoms with Gasteiger partial charge < -0.3 is 10.2 Å². The van der Waals surface area contributed by atoms with Crippen molar-refractivity contribution >= 4 is 16.3 Å². The van der Waals surface area contributed by atoms with E-state index >= 15 is 0 Å². The summed E-state index contributed by atoms with van der Waals surface area (Å²) in [5, 5.41) is 19.7. The van der Waals surface area contributed by atoms with Gasteiger partial charge in [0.2, 0.25) is 16.3 Å². The second kappa shape index (κ2) is 3.23. The summed E-state index contributed by atoms with van der Waals surface area (Å²) in [6.07, 6.45) is 0.462. The fourth-order valence-corrected chi connectivity index (χ4v) is 1.31. The van der Waals surface area contributed by atoms with Crippen LogP contribution in [0.5, 0.6) is 0 Å². The quantitative estimate of drug-likeness (QED) is 0.568. The van der Waals surface area contributed by atoms with Crippen LogP contribution < -0.4 is 0 Å². The van der Waals surface area contributed by atoms with Crippen LogP contribution in [0, 0.1) is 0 Å². The molecule has 0 aromatic rings. The lowest BCUT2D eigenvalue weighted by molar-refractivity contribution is -0.0240. The Morgan fingerprint density at radius 3 is 1.70 bits per heavy atom. The van der Waals surface area contributed by atoms with Gasteiger partial charge in [0.15, 0.2) is 0 Å². The lowest BCUT2D eigenvalue weighted by Crippen LogP contribution is -2.34. The Bertz CT molecular complexity index is 105. The molecule has 2 N–H and O–H groups in total. The summed E-state index contributed by atoms with van der Waals surface area (Å²) in [4.78, 5) is 0. The van der Waals surface area contributed by atoms with Gasteiger partial charge in [0.1, 0.15) is 0 Å². The molecule has 10 heavy (non-hydrogen) atoms. The van der Waals surface area contributed by atoms with Crippen molar-refractivity contribution < 1.29 is 10.2 Å². The maximum atomic E-state index is 9.53. The van der Waals surface area contributed by atoms with E-state index in [4.69, 9.17) is 0 Å². The third-order valence-electron chi connectivity index (χ3n) is 1.58. The maximum absolute atomic E-state index is 9.53. The summed E-state index contributed by atoms with van der Waals surface area (Å²) < 4.78 is 0. The van der Waals surface area contributed by atoms with E-state index in [1.54, 1.807) is 20.8 Å². The zero-order valence-electron chi connectivity index (χ0n) is 7.31. The second-order valence-electron chi connectivity index (χ2n) is 3.84. The van der Waals surface area contributed by atoms with Crippen LogP contribution >= 0.6 is 0 Å². The van der Waals surface area contributed by atoms with Gasteiger partial charge in [-0.2, -0.15) is 0 Å². The molecule has 0 aromatic heterocycles. The molecular weight excluding hydrogens is 143 g/mol. The third-order valence-corrected chi connectivity index (χ3v) is 3.10. The normalized spacial score (nSPS) is 18.5. The second-order valence-corrected chi connectivity index (χ2v) is 4.55. The molecule has 0 aliphatic rings. The molecule has 0 aromatic carbocycles. The molecule has 0 rings (SSSR count). The monoisotopic (exact) mass is 160 g/mol. The van der Waals surface area contributed by atoms with Crippen molar-refractivity contribution in [2.75, 3.05) is 0 Å². The van der Waals surface area contributed by atoms with Crippen molar-refractivity contribution in [2.45, 2.75) is 43.7 Å². The Labute approximate surface area is 70.7 Å². The minimum Gasteiger partial charge on any atom is -0.391 e.